The van der Waals surface area contributed by atoms with Crippen LogP contribution in [0.25, 0.3) is 0 Å². The maximum absolute atomic E-state index is 10.5. The van der Waals surface area contributed by atoms with Crippen LogP contribution in [-0.2, 0) is 0 Å². The first-order valence-electron chi connectivity index (χ1n) is 5.25. The van der Waals surface area contributed by atoms with Crippen molar-refractivity contribution in [2.75, 3.05) is 0 Å². The van der Waals surface area contributed by atoms with Gasteiger partial charge in [-0.25, -0.2) is 4.68 Å². The number of hydrogen-bond donors (Lipinski definition) is 0. The lowest BCUT2D eigenvalue weighted by atomic mass is 10.2. The molecule has 1 aromatic carbocycles. The van der Waals surface area contributed by atoms with E-state index in [9.17, 15) is 10.1 Å². The summed E-state index contributed by atoms with van der Waals surface area (Å²) in [6.07, 6.45) is 1.60. The molecule has 0 aliphatic heterocycles. The zero-order chi connectivity index (χ0) is 13.1. The first-order valence-corrected chi connectivity index (χ1v) is 5.25. The normalized spacial score (nSPS) is 11.0. The molecule has 0 aliphatic carbocycles. The predicted molar refractivity (Wildman–Crippen MR) is 65.6 cm³/mol. The quantitative estimate of drug-likeness (QED) is 0.467. The van der Waals surface area contributed by atoms with Gasteiger partial charge in [-0.3, -0.25) is 10.1 Å². The Morgan fingerprint density at radius 1 is 1.22 bits per heavy atom. The fourth-order valence-electron chi connectivity index (χ4n) is 1.44. The summed E-state index contributed by atoms with van der Waals surface area (Å²) in [5.41, 5.74) is 0.830. The van der Waals surface area contributed by atoms with Gasteiger partial charge in [-0.15, -0.1) is 10.2 Å². The third kappa shape index (κ3) is 2.40. The minimum absolute atomic E-state index is 0.0591. The Morgan fingerprint density at radius 3 is 2.28 bits per heavy atom. The van der Waals surface area contributed by atoms with Gasteiger partial charge in [0.2, 0.25) is 0 Å². The molecule has 18 heavy (non-hydrogen) atoms. The third-order valence-corrected chi connectivity index (χ3v) is 2.38. The van der Waals surface area contributed by atoms with Crippen molar-refractivity contribution in [2.24, 2.45) is 5.10 Å². The summed E-state index contributed by atoms with van der Waals surface area (Å²) in [5.74, 6) is 1.37. The lowest BCUT2D eigenvalue weighted by molar-refractivity contribution is -0.384. The van der Waals surface area contributed by atoms with Crippen molar-refractivity contribution in [3.63, 3.8) is 0 Å². The highest BCUT2D eigenvalue weighted by Crippen LogP contribution is 2.10. The Kier molecular flexibility index (Phi) is 3.13. The van der Waals surface area contributed by atoms with E-state index >= 15 is 0 Å². The molecule has 1 aromatic heterocycles. The molecular formula is C11H11N5O2. The van der Waals surface area contributed by atoms with E-state index in [0.717, 1.165) is 5.56 Å². The van der Waals surface area contributed by atoms with Crippen molar-refractivity contribution < 1.29 is 4.92 Å². The maximum Gasteiger partial charge on any atom is 0.269 e. The van der Waals surface area contributed by atoms with Crippen molar-refractivity contribution in [3.05, 3.63) is 51.6 Å². The number of nitrogens with zero attached hydrogens (tertiary/aromatic N) is 5. The van der Waals surface area contributed by atoms with E-state index in [1.807, 2.05) is 0 Å². The van der Waals surface area contributed by atoms with Gasteiger partial charge < -0.3 is 0 Å². The van der Waals surface area contributed by atoms with Gasteiger partial charge in [-0.05, 0) is 31.5 Å². The molecule has 0 amide bonds. The van der Waals surface area contributed by atoms with Gasteiger partial charge in [0.1, 0.15) is 0 Å². The van der Waals surface area contributed by atoms with E-state index in [0.29, 0.717) is 11.6 Å². The van der Waals surface area contributed by atoms with Crippen molar-refractivity contribution in [2.45, 2.75) is 13.8 Å². The Bertz CT molecular complexity index is 581. The Morgan fingerprint density at radius 2 is 1.78 bits per heavy atom. The van der Waals surface area contributed by atoms with Crippen LogP contribution < -0.4 is 0 Å². The van der Waals surface area contributed by atoms with Gasteiger partial charge in [-0.2, -0.15) is 5.10 Å². The molecule has 7 nitrogen and oxygen atoms in total. The second-order valence-electron chi connectivity index (χ2n) is 3.70. The molecule has 0 radical (unpaired) electrons. The molecule has 0 saturated heterocycles. The van der Waals surface area contributed by atoms with Crippen molar-refractivity contribution in [1.29, 1.82) is 0 Å². The average Bonchev–Trinajstić information content (AvgIpc) is 2.67. The summed E-state index contributed by atoms with van der Waals surface area (Å²) in [4.78, 5) is 10.1. The molecule has 92 valence electrons. The largest absolute Gasteiger partial charge is 0.269 e. The maximum atomic E-state index is 10.5. The highest BCUT2D eigenvalue weighted by molar-refractivity contribution is 5.79. The van der Waals surface area contributed by atoms with E-state index in [2.05, 4.69) is 15.3 Å². The van der Waals surface area contributed by atoms with Crippen molar-refractivity contribution in [1.82, 2.24) is 14.9 Å². The number of nitro groups is 1. The number of benzene rings is 1. The molecule has 7 heteroatoms. The molecule has 0 spiro atoms. The fraction of sp³-hybridized carbons (Fsp3) is 0.182. The van der Waals surface area contributed by atoms with Crippen LogP contribution >= 0.6 is 0 Å². The van der Waals surface area contributed by atoms with Crippen molar-refractivity contribution in [3.8, 4) is 0 Å². The van der Waals surface area contributed by atoms with Crippen LogP contribution in [0.1, 0.15) is 17.2 Å². The summed E-state index contributed by atoms with van der Waals surface area (Å²) in [7, 11) is 0. The van der Waals surface area contributed by atoms with Gasteiger partial charge in [0, 0.05) is 12.1 Å². The first kappa shape index (κ1) is 11.9. The number of aryl methyl sites for hydroxylation is 2. The van der Waals surface area contributed by atoms with Gasteiger partial charge in [0.05, 0.1) is 11.1 Å². The molecule has 0 unspecified atom stereocenters. The molecule has 0 saturated carbocycles. The van der Waals surface area contributed by atoms with E-state index < -0.39 is 4.92 Å². The summed E-state index contributed by atoms with van der Waals surface area (Å²) in [5, 5.41) is 22.5. The molecule has 0 aliphatic rings. The zero-order valence-corrected chi connectivity index (χ0v) is 9.94. The van der Waals surface area contributed by atoms with Crippen LogP contribution in [0.4, 0.5) is 5.69 Å². The molecule has 2 aromatic rings. The number of aromatic nitrogens is 3. The molecular weight excluding hydrogens is 234 g/mol. The van der Waals surface area contributed by atoms with E-state index in [-0.39, 0.29) is 5.69 Å². The van der Waals surface area contributed by atoms with E-state index in [4.69, 9.17) is 0 Å². The van der Waals surface area contributed by atoms with Gasteiger partial charge in [0.25, 0.3) is 5.69 Å². The SMILES string of the molecule is Cc1nnc(C)n1/N=C/c1ccc([N+](=O)[O-])cc1. The van der Waals surface area contributed by atoms with Crippen LogP contribution in [0.2, 0.25) is 0 Å². The predicted octanol–water partition coefficient (Wildman–Crippen LogP) is 1.69. The Balaban J connectivity index is 2.21. The van der Waals surface area contributed by atoms with Crippen LogP contribution in [-0.4, -0.2) is 26.0 Å². The summed E-state index contributed by atoms with van der Waals surface area (Å²) < 4.78 is 1.60. The van der Waals surface area contributed by atoms with Gasteiger partial charge in [0.15, 0.2) is 11.6 Å². The zero-order valence-electron chi connectivity index (χ0n) is 9.94. The van der Waals surface area contributed by atoms with Crippen LogP contribution in [0.15, 0.2) is 29.4 Å². The summed E-state index contributed by atoms with van der Waals surface area (Å²) in [6, 6.07) is 6.15. The Labute approximate surface area is 103 Å². The highest BCUT2D eigenvalue weighted by atomic mass is 16.6. The van der Waals surface area contributed by atoms with Gasteiger partial charge in [-0.1, -0.05) is 0 Å². The van der Waals surface area contributed by atoms with Gasteiger partial charge >= 0.3 is 0 Å². The minimum atomic E-state index is -0.436. The smallest absolute Gasteiger partial charge is 0.258 e. The number of non-ortho nitro benzene ring substituents is 1. The topological polar surface area (TPSA) is 86.2 Å². The fourth-order valence-corrected chi connectivity index (χ4v) is 1.44. The summed E-state index contributed by atoms with van der Waals surface area (Å²) in [6.45, 7) is 3.60. The highest BCUT2D eigenvalue weighted by Gasteiger charge is 2.03. The molecule has 0 fully saturated rings. The average molecular weight is 245 g/mol. The van der Waals surface area contributed by atoms with E-state index in [1.54, 1.807) is 36.9 Å². The number of nitro benzene ring substituents is 1. The lowest BCUT2D eigenvalue weighted by Crippen LogP contribution is -1.96. The summed E-state index contributed by atoms with van der Waals surface area (Å²) >= 11 is 0. The molecule has 0 bridgehead atoms. The lowest BCUT2D eigenvalue weighted by Gasteiger charge is -1.97. The standard InChI is InChI=1S/C11H11N5O2/c1-8-13-14-9(2)15(8)12-7-10-3-5-11(6-4-10)16(17)18/h3-7H,1-2H3/b12-7+. The van der Waals surface area contributed by atoms with E-state index in [1.165, 1.54) is 12.1 Å². The van der Waals surface area contributed by atoms with Crippen LogP contribution in [0.5, 0.6) is 0 Å². The molecule has 0 N–H and O–H groups in total. The molecule has 1 heterocycles. The second kappa shape index (κ2) is 4.74. The minimum Gasteiger partial charge on any atom is -0.258 e. The van der Waals surface area contributed by atoms with Crippen LogP contribution in [0, 0.1) is 24.0 Å². The molecule has 0 atom stereocenters. The van der Waals surface area contributed by atoms with Crippen molar-refractivity contribution >= 4 is 11.9 Å². The first-order chi connectivity index (χ1) is 8.58. The number of rotatable bonds is 3. The Hall–Kier alpha value is -2.57. The van der Waals surface area contributed by atoms with Crippen LogP contribution in [0.3, 0.4) is 0 Å². The third-order valence-electron chi connectivity index (χ3n) is 2.38. The monoisotopic (exact) mass is 245 g/mol. The molecule has 2 rings (SSSR count). The number of hydrogen-bond acceptors (Lipinski definition) is 5. The second-order valence-corrected chi connectivity index (χ2v) is 3.70.